The lowest BCUT2D eigenvalue weighted by Gasteiger charge is -2.19. The molecular weight excluding hydrogens is 334 g/mol. The molecule has 2 amide bonds. The minimum Gasteiger partial charge on any atom is -0.481 e. The lowest BCUT2D eigenvalue weighted by molar-refractivity contribution is 0.247. The van der Waals surface area contributed by atoms with Gasteiger partial charge in [-0.1, -0.05) is 17.7 Å². The van der Waals surface area contributed by atoms with Crippen LogP contribution in [0.5, 0.6) is 5.88 Å². The van der Waals surface area contributed by atoms with Crippen molar-refractivity contribution in [3.63, 3.8) is 0 Å². The number of halogens is 1. The molecule has 0 aromatic carbocycles. The zero-order valence-electron chi connectivity index (χ0n) is 12.9. The number of nitrogens with one attached hydrogen (secondary N) is 2. The Morgan fingerprint density at radius 1 is 1.48 bits per heavy atom. The number of hydrogen-bond acceptors (Lipinski definition) is 4. The molecular formula is C16H18ClN3O2S. The van der Waals surface area contributed by atoms with E-state index in [2.05, 4.69) is 15.6 Å². The molecule has 2 heterocycles. The van der Waals surface area contributed by atoms with Crippen LogP contribution in [0.3, 0.4) is 0 Å². The van der Waals surface area contributed by atoms with Gasteiger partial charge in [0, 0.05) is 12.3 Å². The highest BCUT2D eigenvalue weighted by Gasteiger charge is 2.33. The second kappa shape index (κ2) is 6.76. The van der Waals surface area contributed by atoms with Crippen molar-refractivity contribution >= 4 is 34.7 Å². The van der Waals surface area contributed by atoms with Crippen LogP contribution in [0.1, 0.15) is 30.0 Å². The van der Waals surface area contributed by atoms with E-state index in [1.165, 1.54) is 11.3 Å². The van der Waals surface area contributed by atoms with Crippen molar-refractivity contribution in [1.29, 1.82) is 0 Å². The summed E-state index contributed by atoms with van der Waals surface area (Å²) in [6.07, 6.45) is 3.97. The standard InChI is InChI=1S/C16H18ClN3O2S/c1-9-8-23-15(17)13(9)19-16(21)20-14(10-3-4-10)11-5-6-12(22-2)18-7-11/h5-8,10,14H,3-4H2,1-2H3,(H2,19,20,21). The summed E-state index contributed by atoms with van der Waals surface area (Å²) in [5.74, 6) is 1.02. The summed E-state index contributed by atoms with van der Waals surface area (Å²) in [7, 11) is 1.58. The molecule has 2 aromatic rings. The zero-order valence-corrected chi connectivity index (χ0v) is 14.5. The number of aromatic nitrogens is 1. The Hall–Kier alpha value is -1.79. The summed E-state index contributed by atoms with van der Waals surface area (Å²) < 4.78 is 5.67. The molecule has 1 aliphatic rings. The SMILES string of the molecule is COc1ccc(C(NC(=O)Nc2c(C)csc2Cl)C2CC2)cn1. The van der Waals surface area contributed by atoms with Gasteiger partial charge in [0.25, 0.3) is 0 Å². The molecule has 0 saturated heterocycles. The van der Waals surface area contributed by atoms with Gasteiger partial charge in [0.2, 0.25) is 5.88 Å². The van der Waals surface area contributed by atoms with Crippen molar-refractivity contribution in [1.82, 2.24) is 10.3 Å². The number of urea groups is 1. The van der Waals surface area contributed by atoms with E-state index >= 15 is 0 Å². The first kappa shape index (κ1) is 16.1. The van der Waals surface area contributed by atoms with E-state index in [0.29, 0.717) is 21.8 Å². The van der Waals surface area contributed by atoms with E-state index in [9.17, 15) is 4.79 Å². The Kier molecular flexibility index (Phi) is 4.73. The van der Waals surface area contributed by atoms with Crippen molar-refractivity contribution in [3.05, 3.63) is 39.2 Å². The molecule has 0 spiro atoms. The second-order valence-corrected chi connectivity index (χ2v) is 7.10. The van der Waals surface area contributed by atoms with E-state index in [1.54, 1.807) is 13.3 Å². The van der Waals surface area contributed by atoms with Crippen LogP contribution in [-0.4, -0.2) is 18.1 Å². The number of amides is 2. The molecule has 7 heteroatoms. The molecule has 2 N–H and O–H groups in total. The van der Waals surface area contributed by atoms with Gasteiger partial charge in [0.15, 0.2) is 0 Å². The van der Waals surface area contributed by atoms with Gasteiger partial charge in [-0.25, -0.2) is 9.78 Å². The van der Waals surface area contributed by atoms with E-state index < -0.39 is 0 Å². The Morgan fingerprint density at radius 3 is 2.78 bits per heavy atom. The topological polar surface area (TPSA) is 63.2 Å². The molecule has 0 aliphatic heterocycles. The van der Waals surface area contributed by atoms with Crippen molar-refractivity contribution in [2.45, 2.75) is 25.8 Å². The van der Waals surface area contributed by atoms with Crippen molar-refractivity contribution in [3.8, 4) is 5.88 Å². The maximum absolute atomic E-state index is 12.3. The fraction of sp³-hybridized carbons (Fsp3) is 0.375. The van der Waals surface area contributed by atoms with Crippen LogP contribution < -0.4 is 15.4 Å². The lowest BCUT2D eigenvalue weighted by atomic mass is 10.0. The predicted octanol–water partition coefficient (Wildman–Crippen LogP) is 4.39. The lowest BCUT2D eigenvalue weighted by Crippen LogP contribution is -2.33. The van der Waals surface area contributed by atoms with Gasteiger partial charge in [-0.15, -0.1) is 11.3 Å². The van der Waals surface area contributed by atoms with Crippen LogP contribution >= 0.6 is 22.9 Å². The summed E-state index contributed by atoms with van der Waals surface area (Å²) in [6.45, 7) is 1.92. The molecule has 1 atom stereocenters. The molecule has 2 aromatic heterocycles. The van der Waals surface area contributed by atoms with Gasteiger partial charge < -0.3 is 15.4 Å². The highest BCUT2D eigenvalue weighted by Crippen LogP contribution is 2.41. The van der Waals surface area contributed by atoms with Gasteiger partial charge >= 0.3 is 6.03 Å². The van der Waals surface area contributed by atoms with Crippen molar-refractivity contribution in [2.75, 3.05) is 12.4 Å². The number of carbonyl (C=O) groups is 1. The Morgan fingerprint density at radius 2 is 2.26 bits per heavy atom. The number of rotatable bonds is 5. The number of carbonyl (C=O) groups excluding carboxylic acids is 1. The fourth-order valence-electron chi connectivity index (χ4n) is 2.45. The molecule has 0 bridgehead atoms. The first-order chi connectivity index (χ1) is 11.1. The molecule has 1 aliphatic carbocycles. The predicted molar refractivity (Wildman–Crippen MR) is 92.5 cm³/mol. The maximum Gasteiger partial charge on any atom is 0.319 e. The number of methoxy groups -OCH3 is 1. The molecule has 3 rings (SSSR count). The average molecular weight is 352 g/mol. The quantitative estimate of drug-likeness (QED) is 0.839. The van der Waals surface area contributed by atoms with Crippen LogP contribution in [0.25, 0.3) is 0 Å². The summed E-state index contributed by atoms with van der Waals surface area (Å²) in [5, 5.41) is 7.81. The molecule has 23 heavy (non-hydrogen) atoms. The van der Waals surface area contributed by atoms with E-state index in [0.717, 1.165) is 24.0 Å². The number of nitrogens with zero attached hydrogens (tertiary/aromatic N) is 1. The summed E-state index contributed by atoms with van der Waals surface area (Å²) in [6, 6.07) is 3.45. The number of anilines is 1. The van der Waals surface area contributed by atoms with Crippen LogP contribution in [-0.2, 0) is 0 Å². The summed E-state index contributed by atoms with van der Waals surface area (Å²) in [5.41, 5.74) is 2.62. The smallest absolute Gasteiger partial charge is 0.319 e. The third kappa shape index (κ3) is 3.76. The number of thiophene rings is 1. The first-order valence-corrected chi connectivity index (χ1v) is 8.65. The van der Waals surface area contributed by atoms with E-state index in [1.807, 2.05) is 24.4 Å². The fourth-order valence-corrected chi connectivity index (χ4v) is 3.51. The second-order valence-electron chi connectivity index (χ2n) is 5.61. The number of aryl methyl sites for hydroxylation is 1. The third-order valence-corrected chi connectivity index (χ3v) is 5.21. The molecule has 5 nitrogen and oxygen atoms in total. The number of ether oxygens (including phenoxy) is 1. The molecule has 1 fully saturated rings. The van der Waals surface area contributed by atoms with Crippen LogP contribution in [0.2, 0.25) is 4.34 Å². The van der Waals surface area contributed by atoms with Gasteiger partial charge in [-0.3, -0.25) is 0 Å². The van der Waals surface area contributed by atoms with Gasteiger partial charge in [-0.05, 0) is 42.2 Å². The highest BCUT2D eigenvalue weighted by atomic mass is 35.5. The molecule has 1 saturated carbocycles. The first-order valence-electron chi connectivity index (χ1n) is 7.39. The van der Waals surface area contributed by atoms with Crippen molar-refractivity contribution in [2.24, 2.45) is 5.92 Å². The number of pyridine rings is 1. The van der Waals surface area contributed by atoms with Gasteiger partial charge in [0.05, 0.1) is 18.8 Å². The van der Waals surface area contributed by atoms with E-state index in [4.69, 9.17) is 16.3 Å². The monoisotopic (exact) mass is 351 g/mol. The third-order valence-electron chi connectivity index (χ3n) is 3.88. The number of hydrogen-bond donors (Lipinski definition) is 2. The Labute approximate surface area is 144 Å². The van der Waals surface area contributed by atoms with Crippen LogP contribution in [0, 0.1) is 12.8 Å². The Balaban J connectivity index is 1.70. The van der Waals surface area contributed by atoms with Crippen LogP contribution in [0.4, 0.5) is 10.5 Å². The average Bonchev–Trinajstić information content (AvgIpc) is 3.35. The highest BCUT2D eigenvalue weighted by molar-refractivity contribution is 7.15. The normalized spacial score (nSPS) is 15.1. The van der Waals surface area contributed by atoms with Gasteiger partial charge in [0.1, 0.15) is 4.34 Å². The Bertz CT molecular complexity index is 678. The van der Waals surface area contributed by atoms with Gasteiger partial charge in [-0.2, -0.15) is 0 Å². The van der Waals surface area contributed by atoms with Crippen molar-refractivity contribution < 1.29 is 9.53 Å². The molecule has 0 radical (unpaired) electrons. The van der Waals surface area contributed by atoms with Crippen LogP contribution in [0.15, 0.2) is 23.7 Å². The minimum absolute atomic E-state index is 0.0499. The maximum atomic E-state index is 12.3. The summed E-state index contributed by atoms with van der Waals surface area (Å²) in [4.78, 5) is 16.6. The molecule has 122 valence electrons. The summed E-state index contributed by atoms with van der Waals surface area (Å²) >= 11 is 7.51. The van der Waals surface area contributed by atoms with E-state index in [-0.39, 0.29) is 12.1 Å². The largest absolute Gasteiger partial charge is 0.481 e. The zero-order chi connectivity index (χ0) is 16.4. The minimum atomic E-state index is -0.249. The molecule has 1 unspecified atom stereocenters.